The number of ether oxygens (including phenoxy) is 1. The largest absolute Gasteiger partial charge is 0.373 e. The van der Waals surface area contributed by atoms with Gasteiger partial charge in [0.15, 0.2) is 5.96 Å². The van der Waals surface area contributed by atoms with Crippen LogP contribution in [-0.4, -0.2) is 68.2 Å². The van der Waals surface area contributed by atoms with Crippen LogP contribution in [0.25, 0.3) is 0 Å². The number of hydrogen-bond donors (Lipinski definition) is 1. The predicted molar refractivity (Wildman–Crippen MR) is 114 cm³/mol. The molecule has 25 heavy (non-hydrogen) atoms. The zero-order valence-electron chi connectivity index (χ0n) is 15.6. The molecule has 1 aromatic rings. The fraction of sp³-hybridized carbons (Fsp3) is 0.632. The van der Waals surface area contributed by atoms with E-state index in [-0.39, 0.29) is 30.1 Å². The number of nitrogens with one attached hydrogen (secondary N) is 1. The van der Waals surface area contributed by atoms with Gasteiger partial charge in [0.25, 0.3) is 0 Å². The number of fused-ring (bicyclic) bond motifs is 1. The molecule has 0 radical (unpaired) electrons. The number of aryl methyl sites for hydroxylation is 1. The van der Waals surface area contributed by atoms with Gasteiger partial charge in [-0.25, -0.2) is 0 Å². The van der Waals surface area contributed by atoms with Gasteiger partial charge >= 0.3 is 0 Å². The Balaban J connectivity index is 0.00000225. The summed E-state index contributed by atoms with van der Waals surface area (Å²) in [6.07, 6.45) is 2.86. The fourth-order valence-corrected chi connectivity index (χ4v) is 3.64. The van der Waals surface area contributed by atoms with E-state index in [0.29, 0.717) is 6.04 Å². The molecule has 1 aromatic carbocycles. The molecule has 0 spiro atoms. The standard InChI is InChI=1S/C19H30N4O.HI/c1-15-6-8-16(9-7-15)12-22(3)19(20-2)21-11-18-13-23-10-4-5-17(23)14-24-18;/h6-9,17-18H,4-5,10-14H2,1-3H3,(H,20,21);1H. The molecule has 6 heteroatoms. The predicted octanol–water partition coefficient (Wildman–Crippen LogP) is 2.48. The Morgan fingerprint density at radius 2 is 2.12 bits per heavy atom. The zero-order chi connectivity index (χ0) is 16.9. The molecule has 0 bridgehead atoms. The Bertz CT molecular complexity index is 563. The summed E-state index contributed by atoms with van der Waals surface area (Å²) in [5, 5.41) is 3.47. The van der Waals surface area contributed by atoms with Gasteiger partial charge in [-0.15, -0.1) is 24.0 Å². The Kier molecular flexibility index (Phi) is 7.96. The van der Waals surface area contributed by atoms with Crippen molar-refractivity contribution in [1.82, 2.24) is 15.1 Å². The van der Waals surface area contributed by atoms with Crippen molar-refractivity contribution in [2.75, 3.05) is 40.3 Å². The van der Waals surface area contributed by atoms with E-state index in [9.17, 15) is 0 Å². The lowest BCUT2D eigenvalue weighted by atomic mass is 10.1. The maximum Gasteiger partial charge on any atom is 0.193 e. The van der Waals surface area contributed by atoms with Crippen LogP contribution in [0.3, 0.4) is 0 Å². The third-order valence-corrected chi connectivity index (χ3v) is 5.06. The summed E-state index contributed by atoms with van der Waals surface area (Å²) in [5.74, 6) is 0.919. The summed E-state index contributed by atoms with van der Waals surface area (Å²) < 4.78 is 6.02. The number of guanidine groups is 1. The van der Waals surface area contributed by atoms with Gasteiger partial charge < -0.3 is 15.0 Å². The van der Waals surface area contributed by atoms with E-state index in [1.807, 2.05) is 7.05 Å². The van der Waals surface area contributed by atoms with Crippen LogP contribution in [-0.2, 0) is 11.3 Å². The molecule has 2 aliphatic rings. The van der Waals surface area contributed by atoms with Crippen LogP contribution in [0.5, 0.6) is 0 Å². The molecule has 1 N–H and O–H groups in total. The topological polar surface area (TPSA) is 40.1 Å². The molecule has 5 nitrogen and oxygen atoms in total. The summed E-state index contributed by atoms with van der Waals surface area (Å²) in [5.41, 5.74) is 2.58. The van der Waals surface area contributed by atoms with E-state index < -0.39 is 0 Å². The quantitative estimate of drug-likeness (QED) is 0.428. The number of rotatable bonds is 4. The van der Waals surface area contributed by atoms with Gasteiger partial charge in [0.1, 0.15) is 0 Å². The van der Waals surface area contributed by atoms with E-state index in [1.165, 1.54) is 30.5 Å². The summed E-state index contributed by atoms with van der Waals surface area (Å²) in [6.45, 7) is 6.92. The molecule has 0 saturated carbocycles. The number of hydrogen-bond acceptors (Lipinski definition) is 3. The lowest BCUT2D eigenvalue weighted by molar-refractivity contribution is -0.0454. The molecule has 2 atom stereocenters. The molecular weight excluding hydrogens is 427 g/mol. The molecule has 0 aliphatic carbocycles. The van der Waals surface area contributed by atoms with Crippen molar-refractivity contribution >= 4 is 29.9 Å². The minimum absolute atomic E-state index is 0. The molecule has 2 fully saturated rings. The highest BCUT2D eigenvalue weighted by Gasteiger charge is 2.32. The van der Waals surface area contributed by atoms with Gasteiger partial charge in [-0.1, -0.05) is 29.8 Å². The van der Waals surface area contributed by atoms with Crippen LogP contribution in [0.2, 0.25) is 0 Å². The van der Waals surface area contributed by atoms with Crippen LogP contribution in [0.1, 0.15) is 24.0 Å². The molecule has 2 unspecified atom stereocenters. The number of halogens is 1. The van der Waals surface area contributed by atoms with Crippen molar-refractivity contribution in [1.29, 1.82) is 0 Å². The number of benzene rings is 1. The van der Waals surface area contributed by atoms with E-state index in [1.54, 1.807) is 0 Å². The maximum atomic E-state index is 6.02. The van der Waals surface area contributed by atoms with E-state index in [4.69, 9.17) is 4.74 Å². The van der Waals surface area contributed by atoms with Gasteiger partial charge in [-0.2, -0.15) is 0 Å². The SMILES string of the molecule is CN=C(NCC1CN2CCCC2CO1)N(C)Cc1ccc(C)cc1.I. The normalized spacial score (nSPS) is 23.7. The fourth-order valence-electron chi connectivity index (χ4n) is 3.64. The molecular formula is C19H31IN4O. The lowest BCUT2D eigenvalue weighted by Gasteiger charge is -2.35. The summed E-state index contributed by atoms with van der Waals surface area (Å²) >= 11 is 0. The Morgan fingerprint density at radius 1 is 1.36 bits per heavy atom. The second kappa shape index (κ2) is 9.73. The first-order valence-corrected chi connectivity index (χ1v) is 8.98. The number of morpholine rings is 1. The van der Waals surface area contributed by atoms with Crippen LogP contribution >= 0.6 is 24.0 Å². The first-order chi connectivity index (χ1) is 11.7. The molecule has 0 aromatic heterocycles. The molecule has 140 valence electrons. The minimum Gasteiger partial charge on any atom is -0.373 e. The van der Waals surface area contributed by atoms with Gasteiger partial charge in [-0.3, -0.25) is 9.89 Å². The molecule has 2 heterocycles. The highest BCUT2D eigenvalue weighted by Crippen LogP contribution is 2.22. The Morgan fingerprint density at radius 3 is 2.84 bits per heavy atom. The number of aliphatic imine (C=N–C) groups is 1. The first kappa shape index (κ1) is 20.5. The third-order valence-electron chi connectivity index (χ3n) is 5.06. The van der Waals surface area contributed by atoms with Crippen molar-refractivity contribution in [3.63, 3.8) is 0 Å². The summed E-state index contributed by atoms with van der Waals surface area (Å²) in [4.78, 5) is 9.15. The zero-order valence-corrected chi connectivity index (χ0v) is 17.9. The summed E-state index contributed by atoms with van der Waals surface area (Å²) in [6, 6.07) is 9.32. The van der Waals surface area contributed by atoms with Crippen LogP contribution in [0.4, 0.5) is 0 Å². The summed E-state index contributed by atoms with van der Waals surface area (Å²) in [7, 11) is 3.92. The Hall–Kier alpha value is -0.860. The van der Waals surface area contributed by atoms with Crippen molar-refractivity contribution in [2.24, 2.45) is 4.99 Å². The van der Waals surface area contributed by atoms with Crippen molar-refractivity contribution < 1.29 is 4.74 Å². The van der Waals surface area contributed by atoms with E-state index in [0.717, 1.165) is 32.2 Å². The van der Waals surface area contributed by atoms with Gasteiger partial charge in [0.2, 0.25) is 0 Å². The highest BCUT2D eigenvalue weighted by atomic mass is 127. The monoisotopic (exact) mass is 458 g/mol. The van der Waals surface area contributed by atoms with Crippen LogP contribution < -0.4 is 5.32 Å². The highest BCUT2D eigenvalue weighted by molar-refractivity contribution is 14.0. The second-order valence-electron chi connectivity index (χ2n) is 7.02. The third kappa shape index (κ3) is 5.56. The van der Waals surface area contributed by atoms with E-state index in [2.05, 4.69) is 58.3 Å². The van der Waals surface area contributed by atoms with Gasteiger partial charge in [0.05, 0.1) is 12.7 Å². The average molecular weight is 458 g/mol. The first-order valence-electron chi connectivity index (χ1n) is 8.98. The molecule has 3 rings (SSSR count). The minimum atomic E-state index is 0. The Labute approximate surface area is 168 Å². The number of nitrogens with zero attached hydrogens (tertiary/aromatic N) is 3. The van der Waals surface area contributed by atoms with Gasteiger partial charge in [0, 0.05) is 39.8 Å². The maximum absolute atomic E-state index is 6.02. The van der Waals surface area contributed by atoms with Crippen molar-refractivity contribution in [3.8, 4) is 0 Å². The van der Waals surface area contributed by atoms with E-state index >= 15 is 0 Å². The molecule has 0 amide bonds. The van der Waals surface area contributed by atoms with Crippen LogP contribution in [0, 0.1) is 6.92 Å². The average Bonchev–Trinajstić information content (AvgIpc) is 3.05. The smallest absolute Gasteiger partial charge is 0.193 e. The molecule has 2 saturated heterocycles. The van der Waals surface area contributed by atoms with Crippen LogP contribution in [0.15, 0.2) is 29.3 Å². The van der Waals surface area contributed by atoms with Gasteiger partial charge in [-0.05, 0) is 31.9 Å². The molecule has 2 aliphatic heterocycles. The van der Waals surface area contributed by atoms with Crippen molar-refractivity contribution in [2.45, 2.75) is 38.5 Å². The lowest BCUT2D eigenvalue weighted by Crippen LogP contribution is -2.51. The second-order valence-corrected chi connectivity index (χ2v) is 7.02. The van der Waals surface area contributed by atoms with Crippen molar-refractivity contribution in [3.05, 3.63) is 35.4 Å².